The van der Waals surface area contributed by atoms with Crippen molar-refractivity contribution in [3.63, 3.8) is 0 Å². The molecule has 0 aliphatic rings. The summed E-state index contributed by atoms with van der Waals surface area (Å²) < 4.78 is 8.91. The van der Waals surface area contributed by atoms with Crippen LogP contribution in [0.4, 0.5) is 5.69 Å². The van der Waals surface area contributed by atoms with Crippen molar-refractivity contribution in [3.8, 4) is 0 Å². The lowest BCUT2D eigenvalue weighted by Gasteiger charge is -2.11. The molecule has 110 valence electrons. The molecule has 8 nitrogen and oxygen atoms in total. The molecule has 0 amide bonds. The van der Waals surface area contributed by atoms with Crippen LogP contribution in [0.5, 0.6) is 0 Å². The van der Waals surface area contributed by atoms with Crippen molar-refractivity contribution < 1.29 is 24.0 Å². The van der Waals surface area contributed by atoms with E-state index in [4.69, 9.17) is 0 Å². The lowest BCUT2D eigenvalue weighted by atomic mass is 10.1. The van der Waals surface area contributed by atoms with Crippen LogP contribution in [0.3, 0.4) is 0 Å². The topological polar surface area (TPSA) is 109 Å². The van der Waals surface area contributed by atoms with Gasteiger partial charge in [-0.1, -0.05) is 13.8 Å². The normalized spacial score (nSPS) is 9.25. The minimum absolute atomic E-state index is 0.0271. The number of aromatic nitrogens is 1. The lowest BCUT2D eigenvalue weighted by Crippen LogP contribution is -2.25. The van der Waals surface area contributed by atoms with E-state index in [1.54, 1.807) is 0 Å². The van der Waals surface area contributed by atoms with E-state index in [9.17, 15) is 19.7 Å². The van der Waals surface area contributed by atoms with Gasteiger partial charge in [0.25, 0.3) is 5.69 Å². The Balaban J connectivity index is 0.00000172. The molecule has 8 heteroatoms. The average molecular weight is 284 g/mol. The van der Waals surface area contributed by atoms with Crippen LogP contribution in [0, 0.1) is 10.1 Å². The van der Waals surface area contributed by atoms with Crippen molar-refractivity contribution in [3.05, 3.63) is 34.1 Å². The van der Waals surface area contributed by atoms with Crippen LogP contribution in [-0.4, -0.2) is 36.1 Å². The van der Waals surface area contributed by atoms with E-state index >= 15 is 0 Å². The van der Waals surface area contributed by atoms with Gasteiger partial charge in [-0.05, 0) is 6.07 Å². The summed E-state index contributed by atoms with van der Waals surface area (Å²) >= 11 is 0. The average Bonchev–Trinajstić information content (AvgIpc) is 2.49. The standard InChI is InChI=1S/C10H10N2O6.C2H6/c1-17-9(13)8(10(14)18-2)7-4-3-6(5-11-7)12(15)16;1-2/h3-5,8H,1-2H3;1-2H3. The Bertz CT molecular complexity index is 455. The first-order chi connectivity index (χ1) is 9.51. The van der Waals surface area contributed by atoms with Crippen LogP contribution in [0.25, 0.3) is 0 Å². The molecular formula is C12H16N2O6. The summed E-state index contributed by atoms with van der Waals surface area (Å²) in [4.78, 5) is 36.4. The van der Waals surface area contributed by atoms with Gasteiger partial charge in [0.15, 0.2) is 5.92 Å². The highest BCUT2D eigenvalue weighted by atomic mass is 16.6. The maximum atomic E-state index is 11.4. The Morgan fingerprint density at radius 2 is 1.70 bits per heavy atom. The van der Waals surface area contributed by atoms with Crippen molar-refractivity contribution in [2.45, 2.75) is 19.8 Å². The van der Waals surface area contributed by atoms with Gasteiger partial charge in [0.1, 0.15) is 6.20 Å². The zero-order valence-corrected chi connectivity index (χ0v) is 11.7. The third-order valence-electron chi connectivity index (χ3n) is 2.15. The SMILES string of the molecule is CC.COC(=O)C(C(=O)OC)c1ccc([N+](=O)[O-])cn1. The Kier molecular flexibility index (Phi) is 7.49. The van der Waals surface area contributed by atoms with Crippen LogP contribution in [0.1, 0.15) is 25.5 Å². The number of methoxy groups -OCH3 is 2. The van der Waals surface area contributed by atoms with E-state index < -0.39 is 22.8 Å². The molecule has 0 saturated heterocycles. The van der Waals surface area contributed by atoms with Crippen LogP contribution < -0.4 is 0 Å². The highest BCUT2D eigenvalue weighted by Gasteiger charge is 2.32. The molecular weight excluding hydrogens is 268 g/mol. The van der Waals surface area contributed by atoms with Crippen molar-refractivity contribution in [1.29, 1.82) is 0 Å². The smallest absolute Gasteiger partial charge is 0.326 e. The third-order valence-corrected chi connectivity index (χ3v) is 2.15. The number of nitrogens with zero attached hydrogens (tertiary/aromatic N) is 2. The molecule has 1 aromatic rings. The molecule has 0 N–H and O–H groups in total. The fourth-order valence-electron chi connectivity index (χ4n) is 1.25. The second-order valence-electron chi connectivity index (χ2n) is 3.18. The molecule has 0 atom stereocenters. The zero-order valence-electron chi connectivity index (χ0n) is 11.7. The first-order valence-corrected chi connectivity index (χ1v) is 5.77. The molecule has 1 aromatic heterocycles. The maximum absolute atomic E-state index is 11.4. The number of pyridine rings is 1. The zero-order chi connectivity index (χ0) is 15.7. The second-order valence-corrected chi connectivity index (χ2v) is 3.18. The van der Waals surface area contributed by atoms with Gasteiger partial charge in [-0.15, -0.1) is 0 Å². The molecule has 1 rings (SSSR count). The number of hydrogen-bond acceptors (Lipinski definition) is 7. The van der Waals surface area contributed by atoms with Gasteiger partial charge in [-0.3, -0.25) is 24.7 Å². The molecule has 0 spiro atoms. The monoisotopic (exact) mass is 284 g/mol. The molecule has 20 heavy (non-hydrogen) atoms. The van der Waals surface area contributed by atoms with Crippen LogP contribution in [0.15, 0.2) is 18.3 Å². The fourth-order valence-corrected chi connectivity index (χ4v) is 1.25. The lowest BCUT2D eigenvalue weighted by molar-refractivity contribution is -0.385. The van der Waals surface area contributed by atoms with Crippen molar-refractivity contribution in [2.75, 3.05) is 14.2 Å². The van der Waals surface area contributed by atoms with Gasteiger partial charge >= 0.3 is 11.9 Å². The molecule has 0 unspecified atom stereocenters. The first kappa shape index (κ1) is 17.5. The maximum Gasteiger partial charge on any atom is 0.326 e. The minimum Gasteiger partial charge on any atom is -0.468 e. The number of nitro groups is 1. The number of rotatable bonds is 4. The summed E-state index contributed by atoms with van der Waals surface area (Å²) in [7, 11) is 2.23. The van der Waals surface area contributed by atoms with Crippen molar-refractivity contribution in [1.82, 2.24) is 4.98 Å². The highest BCUT2D eigenvalue weighted by molar-refractivity contribution is 6.00. The van der Waals surface area contributed by atoms with E-state index in [1.807, 2.05) is 13.8 Å². The molecule has 0 fully saturated rings. The Morgan fingerprint density at radius 3 is 2.00 bits per heavy atom. The Hall–Kier alpha value is -2.51. The first-order valence-electron chi connectivity index (χ1n) is 5.77. The van der Waals surface area contributed by atoms with Crippen molar-refractivity contribution >= 4 is 17.6 Å². The molecule has 1 heterocycles. The Labute approximate surface area is 115 Å². The summed E-state index contributed by atoms with van der Waals surface area (Å²) in [5, 5.41) is 10.4. The predicted octanol–water partition coefficient (Wildman–Crippen LogP) is 1.45. The molecule has 0 saturated carbocycles. The van der Waals surface area contributed by atoms with Gasteiger partial charge in [-0.2, -0.15) is 0 Å². The predicted molar refractivity (Wildman–Crippen MR) is 69.0 cm³/mol. The largest absolute Gasteiger partial charge is 0.468 e. The number of esters is 2. The fraction of sp³-hybridized carbons (Fsp3) is 0.417. The van der Waals surface area contributed by atoms with Gasteiger partial charge in [-0.25, -0.2) is 0 Å². The molecule has 0 aliphatic heterocycles. The molecule has 0 aliphatic carbocycles. The van der Waals surface area contributed by atoms with E-state index in [0.29, 0.717) is 0 Å². The van der Waals surface area contributed by atoms with E-state index in [1.165, 1.54) is 6.07 Å². The summed E-state index contributed by atoms with van der Waals surface area (Å²) in [5.74, 6) is -3.03. The number of ether oxygens (including phenoxy) is 2. The summed E-state index contributed by atoms with van der Waals surface area (Å²) in [6.07, 6.45) is 0.953. The van der Waals surface area contributed by atoms with Gasteiger partial charge < -0.3 is 9.47 Å². The van der Waals surface area contributed by atoms with Crippen LogP contribution in [-0.2, 0) is 19.1 Å². The van der Waals surface area contributed by atoms with Crippen LogP contribution in [0.2, 0.25) is 0 Å². The van der Waals surface area contributed by atoms with E-state index in [0.717, 1.165) is 26.5 Å². The van der Waals surface area contributed by atoms with Gasteiger partial charge in [0, 0.05) is 6.07 Å². The van der Waals surface area contributed by atoms with Gasteiger partial charge in [0.05, 0.1) is 24.8 Å². The highest BCUT2D eigenvalue weighted by Crippen LogP contribution is 2.19. The quantitative estimate of drug-likeness (QED) is 0.356. The van der Waals surface area contributed by atoms with Crippen molar-refractivity contribution in [2.24, 2.45) is 0 Å². The summed E-state index contributed by atoms with van der Waals surface area (Å²) in [6, 6.07) is 2.35. The minimum atomic E-state index is -1.35. The number of carbonyl (C=O) groups is 2. The Morgan fingerprint density at radius 1 is 1.20 bits per heavy atom. The van der Waals surface area contributed by atoms with Crippen LogP contribution >= 0.6 is 0 Å². The second kappa shape index (κ2) is 8.57. The van der Waals surface area contributed by atoms with Gasteiger partial charge in [0.2, 0.25) is 0 Å². The van der Waals surface area contributed by atoms with E-state index in [2.05, 4.69) is 14.5 Å². The third kappa shape index (κ3) is 4.30. The molecule has 0 bridgehead atoms. The summed E-state index contributed by atoms with van der Waals surface area (Å²) in [6.45, 7) is 4.00. The molecule has 0 radical (unpaired) electrons. The summed E-state index contributed by atoms with van der Waals surface area (Å²) in [5.41, 5.74) is -0.216. The number of carbonyl (C=O) groups excluding carboxylic acids is 2. The van der Waals surface area contributed by atoms with E-state index in [-0.39, 0.29) is 11.4 Å². The number of hydrogen-bond donors (Lipinski definition) is 0. The molecule has 0 aromatic carbocycles.